The lowest BCUT2D eigenvalue weighted by Crippen LogP contribution is -2.44. The van der Waals surface area contributed by atoms with E-state index in [0.717, 1.165) is 13.0 Å². The Morgan fingerprint density at radius 1 is 1.30 bits per heavy atom. The van der Waals surface area contributed by atoms with Crippen molar-refractivity contribution in [3.8, 4) is 0 Å². The molecular weight excluding hydrogens is 324 g/mol. The van der Waals surface area contributed by atoms with Crippen molar-refractivity contribution in [2.45, 2.75) is 25.9 Å². The predicted molar refractivity (Wildman–Crippen MR) is 97.2 cm³/mol. The predicted octanol–water partition coefficient (Wildman–Crippen LogP) is 4.79. The van der Waals surface area contributed by atoms with E-state index in [2.05, 4.69) is 47.3 Å². The molecule has 1 N–H and O–H groups in total. The first-order chi connectivity index (χ1) is 11.2. The van der Waals surface area contributed by atoms with Crippen LogP contribution in [0, 0.1) is 0 Å². The number of thiophene rings is 2. The minimum Gasteiger partial charge on any atom is -0.334 e. The number of nitrogens with one attached hydrogen (secondary N) is 1. The van der Waals surface area contributed by atoms with Crippen molar-refractivity contribution >= 4 is 38.8 Å². The van der Waals surface area contributed by atoms with Crippen LogP contribution in [-0.2, 0) is 13.0 Å². The number of nitrogens with zero attached hydrogens (tertiary/aromatic N) is 1. The van der Waals surface area contributed by atoms with E-state index < -0.39 is 0 Å². The minimum atomic E-state index is 0.0321. The average molecular weight is 342 g/mol. The molecule has 0 saturated carbocycles. The molecule has 1 aliphatic rings. The summed E-state index contributed by atoms with van der Waals surface area (Å²) in [5, 5.41) is 8.60. The third-order valence-corrected chi connectivity index (χ3v) is 6.54. The third kappa shape index (κ3) is 2.64. The first kappa shape index (κ1) is 14.7. The summed E-state index contributed by atoms with van der Waals surface area (Å²) in [6, 6.07) is 10.7. The molecule has 0 unspecified atom stereocenters. The summed E-state index contributed by atoms with van der Waals surface area (Å²) >= 11 is 3.53. The Bertz CT molecular complexity index is 851. The van der Waals surface area contributed by atoms with Crippen molar-refractivity contribution in [3.63, 3.8) is 0 Å². The second kappa shape index (κ2) is 5.98. The average Bonchev–Trinajstić information content (AvgIpc) is 3.20. The fraction of sp³-hybridized carbons (Fsp3) is 0.278. The molecule has 4 rings (SSSR count). The van der Waals surface area contributed by atoms with Gasteiger partial charge in [-0.1, -0.05) is 18.2 Å². The molecule has 118 valence electrons. The van der Waals surface area contributed by atoms with Crippen molar-refractivity contribution in [2.75, 3.05) is 6.54 Å². The Labute approximate surface area is 143 Å². The summed E-state index contributed by atoms with van der Waals surface area (Å²) in [7, 11) is 0. The molecule has 5 heteroatoms. The lowest BCUT2D eigenvalue weighted by Gasteiger charge is -2.33. The monoisotopic (exact) mass is 342 g/mol. The zero-order valence-electron chi connectivity index (χ0n) is 12.9. The third-order valence-electron chi connectivity index (χ3n) is 4.53. The van der Waals surface area contributed by atoms with Crippen LogP contribution >= 0.6 is 22.7 Å². The lowest BCUT2D eigenvalue weighted by molar-refractivity contribution is 0.175. The van der Waals surface area contributed by atoms with Crippen molar-refractivity contribution in [1.29, 1.82) is 0 Å². The minimum absolute atomic E-state index is 0.0321. The highest BCUT2D eigenvalue weighted by Crippen LogP contribution is 2.33. The SMILES string of the molecule is C[C@@H]1c2ccsc2CCN1C(=O)NCc1csc2ccccc12. The topological polar surface area (TPSA) is 32.3 Å². The van der Waals surface area contributed by atoms with E-state index >= 15 is 0 Å². The molecule has 0 saturated heterocycles. The number of hydrogen-bond donors (Lipinski definition) is 1. The van der Waals surface area contributed by atoms with Crippen LogP contribution in [-0.4, -0.2) is 17.5 Å². The Hall–Kier alpha value is -1.85. The van der Waals surface area contributed by atoms with Gasteiger partial charge in [-0.25, -0.2) is 4.79 Å². The molecular formula is C18H18N2OS2. The van der Waals surface area contributed by atoms with Crippen molar-refractivity contribution in [1.82, 2.24) is 10.2 Å². The maximum absolute atomic E-state index is 12.6. The van der Waals surface area contributed by atoms with Crippen LogP contribution in [0.15, 0.2) is 41.1 Å². The number of carbonyl (C=O) groups is 1. The van der Waals surface area contributed by atoms with E-state index in [-0.39, 0.29) is 12.1 Å². The first-order valence-corrected chi connectivity index (χ1v) is 9.56. The number of fused-ring (bicyclic) bond motifs is 2. The van der Waals surface area contributed by atoms with Gasteiger partial charge in [-0.3, -0.25) is 0 Å². The molecule has 23 heavy (non-hydrogen) atoms. The lowest BCUT2D eigenvalue weighted by atomic mass is 10.0. The van der Waals surface area contributed by atoms with Gasteiger partial charge < -0.3 is 10.2 Å². The Morgan fingerprint density at radius 2 is 2.17 bits per heavy atom. The van der Waals surface area contributed by atoms with Gasteiger partial charge >= 0.3 is 6.03 Å². The highest BCUT2D eigenvalue weighted by Gasteiger charge is 2.28. The van der Waals surface area contributed by atoms with E-state index in [1.807, 2.05) is 11.0 Å². The van der Waals surface area contributed by atoms with Crippen LogP contribution in [0.4, 0.5) is 4.79 Å². The number of urea groups is 1. The normalized spacial score (nSPS) is 17.3. The fourth-order valence-corrected chi connectivity index (χ4v) is 5.15. The molecule has 2 aromatic heterocycles. The number of carbonyl (C=O) groups excluding carboxylic acids is 1. The second-order valence-corrected chi connectivity index (χ2v) is 7.75. The van der Waals surface area contributed by atoms with Gasteiger partial charge in [0.2, 0.25) is 0 Å². The molecule has 0 aliphatic carbocycles. The zero-order valence-corrected chi connectivity index (χ0v) is 14.5. The summed E-state index contributed by atoms with van der Waals surface area (Å²) in [4.78, 5) is 16.0. The van der Waals surface area contributed by atoms with Crippen molar-refractivity contribution in [2.24, 2.45) is 0 Å². The van der Waals surface area contributed by atoms with Crippen LogP contribution in [0.2, 0.25) is 0 Å². The quantitative estimate of drug-likeness (QED) is 0.713. The smallest absolute Gasteiger partial charge is 0.318 e. The van der Waals surface area contributed by atoms with E-state index in [1.54, 1.807) is 22.7 Å². The molecule has 3 aromatic rings. The molecule has 0 fully saturated rings. The summed E-state index contributed by atoms with van der Waals surface area (Å²) < 4.78 is 1.27. The van der Waals surface area contributed by atoms with E-state index in [4.69, 9.17) is 0 Å². The molecule has 0 spiro atoms. The van der Waals surface area contributed by atoms with Crippen molar-refractivity contribution < 1.29 is 4.79 Å². The molecule has 1 aliphatic heterocycles. The van der Waals surface area contributed by atoms with Gasteiger partial charge in [0.25, 0.3) is 0 Å². The fourth-order valence-electron chi connectivity index (χ4n) is 3.23. The maximum atomic E-state index is 12.6. The molecule has 2 amide bonds. The molecule has 1 aromatic carbocycles. The number of rotatable bonds is 2. The van der Waals surface area contributed by atoms with Gasteiger partial charge in [0.1, 0.15) is 0 Å². The summed E-state index contributed by atoms with van der Waals surface area (Å²) in [6.45, 7) is 3.50. The highest BCUT2D eigenvalue weighted by atomic mass is 32.1. The second-order valence-electron chi connectivity index (χ2n) is 5.83. The van der Waals surface area contributed by atoms with Gasteiger partial charge in [0.05, 0.1) is 6.04 Å². The zero-order chi connectivity index (χ0) is 15.8. The van der Waals surface area contributed by atoms with E-state index in [9.17, 15) is 4.79 Å². The van der Waals surface area contributed by atoms with E-state index in [0.29, 0.717) is 6.54 Å². The molecule has 3 nitrogen and oxygen atoms in total. The van der Waals surface area contributed by atoms with E-state index in [1.165, 1.54) is 26.1 Å². The summed E-state index contributed by atoms with van der Waals surface area (Å²) in [6.07, 6.45) is 0.964. The van der Waals surface area contributed by atoms with Gasteiger partial charge in [-0.05, 0) is 52.8 Å². The largest absolute Gasteiger partial charge is 0.334 e. The first-order valence-electron chi connectivity index (χ1n) is 7.80. The molecule has 0 radical (unpaired) electrons. The van der Waals surface area contributed by atoms with Gasteiger partial charge in [-0.15, -0.1) is 22.7 Å². The summed E-state index contributed by atoms with van der Waals surface area (Å²) in [5.41, 5.74) is 2.50. The van der Waals surface area contributed by atoms with Crippen LogP contribution in [0.3, 0.4) is 0 Å². The number of amides is 2. The van der Waals surface area contributed by atoms with Gasteiger partial charge in [0.15, 0.2) is 0 Å². The number of benzene rings is 1. The van der Waals surface area contributed by atoms with Crippen LogP contribution in [0.1, 0.15) is 29.0 Å². The van der Waals surface area contributed by atoms with Crippen LogP contribution < -0.4 is 5.32 Å². The molecule has 3 heterocycles. The maximum Gasteiger partial charge on any atom is 0.318 e. The Balaban J connectivity index is 1.46. The van der Waals surface area contributed by atoms with Crippen molar-refractivity contribution in [3.05, 3.63) is 57.1 Å². The van der Waals surface area contributed by atoms with Crippen LogP contribution in [0.5, 0.6) is 0 Å². The van der Waals surface area contributed by atoms with Gasteiger partial charge in [0, 0.05) is 22.7 Å². The highest BCUT2D eigenvalue weighted by molar-refractivity contribution is 7.17. The standard InChI is InChI=1S/C18H18N2OS2/c1-12-14-7-9-22-17(14)6-8-20(12)18(21)19-10-13-11-23-16-5-3-2-4-15(13)16/h2-5,7,9,11-12H,6,8,10H2,1H3,(H,19,21)/t12-/m1/s1. The number of hydrogen-bond acceptors (Lipinski definition) is 3. The van der Waals surface area contributed by atoms with Gasteiger partial charge in [-0.2, -0.15) is 0 Å². The molecule has 1 atom stereocenters. The molecule has 0 bridgehead atoms. The summed E-state index contributed by atoms with van der Waals surface area (Å²) in [5.74, 6) is 0. The Morgan fingerprint density at radius 3 is 3.09 bits per heavy atom. The van der Waals surface area contributed by atoms with Crippen LogP contribution in [0.25, 0.3) is 10.1 Å². The Kier molecular flexibility index (Phi) is 3.83.